The minimum Gasteiger partial charge on any atom is -0.461 e. The maximum absolute atomic E-state index is 12.2. The Hall–Kier alpha value is -2.35. The number of hydrogen-bond acceptors (Lipinski definition) is 7. The van der Waals surface area contributed by atoms with Crippen LogP contribution < -0.4 is 4.74 Å². The molecular formula is C32H40O4S3. The van der Waals surface area contributed by atoms with Crippen LogP contribution in [0, 0.1) is 21.1 Å². The zero-order valence-electron chi connectivity index (χ0n) is 23.2. The first kappa shape index (κ1) is 31.2. The van der Waals surface area contributed by atoms with E-state index >= 15 is 0 Å². The van der Waals surface area contributed by atoms with Gasteiger partial charge in [-0.3, -0.25) is 9.59 Å². The van der Waals surface area contributed by atoms with E-state index < -0.39 is 0 Å². The molecule has 1 aliphatic carbocycles. The lowest BCUT2D eigenvalue weighted by molar-refractivity contribution is -0.143. The summed E-state index contributed by atoms with van der Waals surface area (Å²) in [6.45, 7) is 17.1. The second-order valence-corrected chi connectivity index (χ2v) is 13.7. The first-order valence-electron chi connectivity index (χ1n) is 13.6. The second-order valence-electron chi connectivity index (χ2n) is 10.8. The molecule has 3 rings (SSSR count). The molecule has 2 aromatic rings. The quantitative estimate of drug-likeness (QED) is 0.0552. The third kappa shape index (κ3) is 9.37. The molecule has 0 spiro atoms. The Morgan fingerprint density at radius 2 is 1.74 bits per heavy atom. The van der Waals surface area contributed by atoms with Crippen LogP contribution in [-0.4, -0.2) is 18.5 Å². The third-order valence-corrected chi connectivity index (χ3v) is 10.7. The van der Waals surface area contributed by atoms with Gasteiger partial charge in [0.05, 0.1) is 0 Å². The van der Waals surface area contributed by atoms with Crippen molar-refractivity contribution in [3.05, 3.63) is 71.1 Å². The lowest BCUT2D eigenvalue weighted by atomic mass is 9.61. The van der Waals surface area contributed by atoms with Gasteiger partial charge in [0.15, 0.2) is 0 Å². The van der Waals surface area contributed by atoms with Crippen molar-refractivity contribution in [2.75, 3.05) is 6.61 Å². The number of carbonyl (C=O) groups is 2. The van der Waals surface area contributed by atoms with Crippen molar-refractivity contribution in [1.29, 1.82) is 0 Å². The van der Waals surface area contributed by atoms with Crippen LogP contribution in [0.4, 0.5) is 0 Å². The van der Waals surface area contributed by atoms with E-state index in [1.165, 1.54) is 5.57 Å². The summed E-state index contributed by atoms with van der Waals surface area (Å²) in [7, 11) is 3.22. The molecule has 1 heterocycles. The Morgan fingerprint density at radius 1 is 1.08 bits per heavy atom. The molecule has 7 heteroatoms. The van der Waals surface area contributed by atoms with E-state index in [1.807, 2.05) is 30.3 Å². The van der Waals surface area contributed by atoms with Gasteiger partial charge in [-0.2, -0.15) is 0 Å². The highest BCUT2D eigenvalue weighted by Crippen LogP contribution is 2.48. The normalized spacial score (nSPS) is 20.7. The fraction of sp³-hybridized carbons (Fsp3) is 0.469. The molecule has 0 bridgehead atoms. The first-order chi connectivity index (χ1) is 18.6. The van der Waals surface area contributed by atoms with Gasteiger partial charge in [0.2, 0.25) is 0 Å². The minimum atomic E-state index is -0.239. The van der Waals surface area contributed by atoms with Crippen molar-refractivity contribution in [3.63, 3.8) is 0 Å². The third-order valence-electron chi connectivity index (χ3n) is 7.75. The molecule has 0 saturated heterocycles. The molecule has 0 unspecified atom stereocenters. The Balaban J connectivity index is 1.26. The van der Waals surface area contributed by atoms with E-state index in [0.29, 0.717) is 30.4 Å². The van der Waals surface area contributed by atoms with Crippen molar-refractivity contribution in [2.24, 2.45) is 17.3 Å². The average molecular weight is 585 g/mol. The zero-order chi connectivity index (χ0) is 28.4. The van der Waals surface area contributed by atoms with E-state index in [9.17, 15) is 9.59 Å². The molecule has 1 aromatic heterocycles. The molecule has 1 aromatic carbocycles. The van der Waals surface area contributed by atoms with Gasteiger partial charge in [0.1, 0.15) is 16.2 Å². The van der Waals surface area contributed by atoms with Crippen molar-refractivity contribution < 1.29 is 19.1 Å². The van der Waals surface area contributed by atoms with Crippen LogP contribution in [0.5, 0.6) is 5.75 Å². The van der Waals surface area contributed by atoms with Crippen LogP contribution in [0.1, 0.15) is 71.6 Å². The van der Waals surface area contributed by atoms with Gasteiger partial charge < -0.3 is 9.47 Å². The summed E-state index contributed by atoms with van der Waals surface area (Å²) in [4.78, 5) is 25.5. The van der Waals surface area contributed by atoms with Crippen LogP contribution in [-0.2, 0) is 14.3 Å². The molecule has 210 valence electrons. The van der Waals surface area contributed by atoms with Gasteiger partial charge >= 0.3 is 11.9 Å². The molecule has 39 heavy (non-hydrogen) atoms. The smallest absolute Gasteiger partial charge is 0.311 e. The average Bonchev–Trinajstić information content (AvgIpc) is 3.35. The molecule has 1 aliphatic rings. The van der Waals surface area contributed by atoms with Crippen molar-refractivity contribution in [3.8, 4) is 16.2 Å². The summed E-state index contributed by atoms with van der Waals surface area (Å²) in [5.74, 6) is 0.833. The number of benzene rings is 1. The van der Waals surface area contributed by atoms with Crippen LogP contribution in [0.25, 0.3) is 10.4 Å². The maximum atomic E-state index is 12.2. The molecule has 1 saturated carbocycles. The number of esters is 2. The van der Waals surface area contributed by atoms with Gasteiger partial charge in [0, 0.05) is 17.7 Å². The fourth-order valence-corrected chi connectivity index (χ4v) is 7.61. The van der Waals surface area contributed by atoms with E-state index in [-0.39, 0.29) is 24.0 Å². The van der Waals surface area contributed by atoms with E-state index in [1.54, 1.807) is 20.7 Å². The van der Waals surface area contributed by atoms with Crippen molar-refractivity contribution >= 4 is 44.8 Å². The zero-order valence-corrected chi connectivity index (χ0v) is 25.6. The number of unbranched alkanes of at least 4 members (excludes halogenated alkanes) is 3. The number of carbonyl (C=O) groups excluding carboxylic acids is 2. The van der Waals surface area contributed by atoms with Crippen LogP contribution >= 0.6 is 32.9 Å². The van der Waals surface area contributed by atoms with Crippen LogP contribution in [0.15, 0.2) is 67.3 Å². The van der Waals surface area contributed by atoms with Gasteiger partial charge in [0.25, 0.3) is 0 Å². The summed E-state index contributed by atoms with van der Waals surface area (Å²) in [5, 5.41) is 0. The van der Waals surface area contributed by atoms with Gasteiger partial charge in [-0.05, 0) is 97.7 Å². The predicted molar refractivity (Wildman–Crippen MR) is 166 cm³/mol. The fourth-order valence-electron chi connectivity index (χ4n) is 5.21. The van der Waals surface area contributed by atoms with Crippen molar-refractivity contribution in [1.82, 2.24) is 0 Å². The first-order valence-corrected chi connectivity index (χ1v) is 16.2. The summed E-state index contributed by atoms with van der Waals surface area (Å²) >= 11 is 5.19. The Labute approximate surface area is 245 Å². The monoisotopic (exact) mass is 584 g/mol. The summed E-state index contributed by atoms with van der Waals surface area (Å²) in [6, 6.07) is 9.49. The highest BCUT2D eigenvalue weighted by molar-refractivity contribution is 7.80. The molecular weight excluding hydrogens is 545 g/mol. The van der Waals surface area contributed by atoms with Gasteiger partial charge in [-0.1, -0.05) is 77.5 Å². The summed E-state index contributed by atoms with van der Waals surface area (Å²) in [5.41, 5.74) is 3.31. The van der Waals surface area contributed by atoms with Gasteiger partial charge in [-0.15, -0.1) is 6.58 Å². The van der Waals surface area contributed by atoms with Gasteiger partial charge in [-0.25, -0.2) is 0 Å². The number of ether oxygens (including phenoxy) is 2. The lowest BCUT2D eigenvalue weighted by Crippen LogP contribution is -2.34. The largest absolute Gasteiger partial charge is 0.461 e. The highest BCUT2D eigenvalue weighted by Gasteiger charge is 2.38. The molecule has 4 nitrogen and oxygen atoms in total. The maximum Gasteiger partial charge on any atom is 0.311 e. The van der Waals surface area contributed by atoms with Crippen LogP contribution in [0.2, 0.25) is 0 Å². The minimum absolute atomic E-state index is 0.0720. The Kier molecular flexibility index (Phi) is 11.9. The topological polar surface area (TPSA) is 52.6 Å². The van der Waals surface area contributed by atoms with E-state index in [4.69, 9.17) is 21.7 Å². The Bertz CT molecular complexity index is 1220. The molecule has 1 fully saturated rings. The Morgan fingerprint density at radius 3 is 2.33 bits per heavy atom. The molecule has 0 radical (unpaired) electrons. The molecule has 0 N–H and O–H groups in total. The summed E-state index contributed by atoms with van der Waals surface area (Å²) in [6.07, 6.45) is 9.07. The van der Waals surface area contributed by atoms with Crippen LogP contribution in [0.3, 0.4) is 0 Å². The summed E-state index contributed by atoms with van der Waals surface area (Å²) < 4.78 is 11.8. The standard InChI is InChI=1S/C32H40O4S3/c1-6-32(5)18-17-25(19-27(32)22(2)3)23(4)21-35-29(33)11-9-7-8-10-12-30(34)36-26-15-13-24(14-16-26)28-20-31(37)39-38-28/h6,13-16,20,25,27H,1-2,4,7-12,17-19,21H2,3,5H3/t25-,27+,32-/m1/s1. The SMILES string of the molecule is C=C[C@]1(C)CC[C@@H](C(=C)COC(=O)CCCCCCC(=O)Oc2ccc(-c3cc(=S)ss3)cc2)C[C@H]1C(=C)C. The van der Waals surface area contributed by atoms with E-state index in [2.05, 4.69) is 39.7 Å². The predicted octanol–water partition coefficient (Wildman–Crippen LogP) is 9.74. The second kappa shape index (κ2) is 14.9. The highest BCUT2D eigenvalue weighted by atomic mass is 32.9. The van der Waals surface area contributed by atoms with E-state index in [0.717, 1.165) is 64.8 Å². The number of rotatable bonds is 14. The molecule has 3 atom stereocenters. The molecule has 0 aliphatic heterocycles. The lowest BCUT2D eigenvalue weighted by Gasteiger charge is -2.43. The number of hydrogen-bond donors (Lipinski definition) is 0. The van der Waals surface area contributed by atoms with Crippen molar-refractivity contribution in [2.45, 2.75) is 71.6 Å². The molecule has 0 amide bonds. The number of allylic oxidation sites excluding steroid dienone is 2.